The van der Waals surface area contributed by atoms with Crippen molar-refractivity contribution in [3.8, 4) is 0 Å². The molecule has 6 heteroatoms. The van der Waals surface area contributed by atoms with Gasteiger partial charge in [-0.2, -0.15) is 0 Å². The van der Waals surface area contributed by atoms with Gasteiger partial charge in [-0.1, -0.05) is 0 Å². The van der Waals surface area contributed by atoms with Gasteiger partial charge in [0.15, 0.2) is 0 Å². The van der Waals surface area contributed by atoms with Crippen LogP contribution in [-0.2, 0) is 18.1 Å². The molecule has 0 saturated carbocycles. The summed E-state index contributed by atoms with van der Waals surface area (Å²) in [6, 6.07) is 10.1. The molecule has 1 aromatic carbocycles. The average molecular weight is 383 g/mol. The number of hydrogen-bond donors (Lipinski definition) is 1. The standard InChI is InChI=1S/C20H34NO4P/c1-17(2)18(3,4)23-26(22-17,24-19(5,6)20(7,8)25-26)16(21-9)15-13-11-10-12-14-15/h10-14,16,21H,1-9H3. The Morgan fingerprint density at radius 3 is 1.35 bits per heavy atom. The second-order valence-corrected chi connectivity index (χ2v) is 12.4. The van der Waals surface area contributed by atoms with Crippen LogP contribution in [0.2, 0.25) is 0 Å². The zero-order valence-corrected chi connectivity index (χ0v) is 18.4. The van der Waals surface area contributed by atoms with Gasteiger partial charge in [-0.3, -0.25) is 0 Å². The van der Waals surface area contributed by atoms with Gasteiger partial charge in [0.2, 0.25) is 0 Å². The van der Waals surface area contributed by atoms with Crippen LogP contribution in [0.25, 0.3) is 0 Å². The summed E-state index contributed by atoms with van der Waals surface area (Å²) in [7, 11) is -2.15. The molecule has 0 radical (unpaired) electrons. The molecule has 2 heterocycles. The summed E-state index contributed by atoms with van der Waals surface area (Å²) in [5.74, 6) is -0.357. The Bertz CT molecular complexity index is 624. The van der Waals surface area contributed by atoms with Crippen molar-refractivity contribution in [2.75, 3.05) is 7.05 Å². The molecule has 2 fully saturated rings. The number of nitrogens with one attached hydrogen (secondary N) is 1. The van der Waals surface area contributed by atoms with Crippen LogP contribution < -0.4 is 5.32 Å². The Labute approximate surface area is 158 Å². The maximum absolute atomic E-state index is 6.78. The van der Waals surface area contributed by atoms with Gasteiger partial charge < -0.3 is 0 Å². The summed E-state index contributed by atoms with van der Waals surface area (Å²) in [5.41, 5.74) is -1.29. The summed E-state index contributed by atoms with van der Waals surface area (Å²) in [6.45, 7) is 16.3. The van der Waals surface area contributed by atoms with Gasteiger partial charge >= 0.3 is 157 Å². The minimum absolute atomic E-state index is 0.357. The fourth-order valence-electron chi connectivity index (χ4n) is 3.66. The van der Waals surface area contributed by atoms with Gasteiger partial charge in [-0.05, 0) is 0 Å². The normalized spacial score (nSPS) is 32.0. The number of hydrogen-bond acceptors (Lipinski definition) is 5. The van der Waals surface area contributed by atoms with Crippen molar-refractivity contribution in [2.24, 2.45) is 0 Å². The van der Waals surface area contributed by atoms with Crippen molar-refractivity contribution in [1.29, 1.82) is 0 Å². The van der Waals surface area contributed by atoms with E-state index in [0.29, 0.717) is 0 Å². The van der Waals surface area contributed by atoms with Gasteiger partial charge in [0.05, 0.1) is 0 Å². The molecule has 1 unspecified atom stereocenters. The van der Waals surface area contributed by atoms with Crippen molar-refractivity contribution in [3.05, 3.63) is 35.9 Å². The van der Waals surface area contributed by atoms with Crippen LogP contribution >= 0.6 is 7.51 Å². The van der Waals surface area contributed by atoms with Crippen LogP contribution in [0.4, 0.5) is 0 Å². The third kappa shape index (κ3) is 2.60. The van der Waals surface area contributed by atoms with Gasteiger partial charge in [0.25, 0.3) is 0 Å². The van der Waals surface area contributed by atoms with Crippen LogP contribution in [0, 0.1) is 0 Å². The zero-order chi connectivity index (χ0) is 19.7. The molecule has 0 aromatic heterocycles. The van der Waals surface area contributed by atoms with Gasteiger partial charge in [0.1, 0.15) is 0 Å². The van der Waals surface area contributed by atoms with Crippen molar-refractivity contribution in [1.82, 2.24) is 5.32 Å². The Hall–Kier alpha value is -0.550. The average Bonchev–Trinajstić information content (AvgIpc) is 2.71. The molecule has 2 saturated heterocycles. The molecule has 0 aliphatic carbocycles. The molecule has 1 aromatic rings. The molecule has 1 atom stereocenters. The first-order valence-corrected chi connectivity index (χ1v) is 11.3. The first kappa shape index (κ1) is 20.2. The van der Waals surface area contributed by atoms with Crippen LogP contribution in [0.5, 0.6) is 0 Å². The second-order valence-electron chi connectivity index (χ2n) is 9.38. The molecule has 5 nitrogen and oxygen atoms in total. The molecule has 1 N–H and O–H groups in total. The maximum atomic E-state index is 6.78. The van der Waals surface area contributed by atoms with Crippen LogP contribution in [0.1, 0.15) is 66.7 Å². The summed E-state index contributed by atoms with van der Waals surface area (Å²) in [6.07, 6.45) is 0. The fraction of sp³-hybridized carbons (Fsp3) is 0.700. The van der Waals surface area contributed by atoms with E-state index in [4.69, 9.17) is 18.1 Å². The Morgan fingerprint density at radius 1 is 0.692 bits per heavy atom. The van der Waals surface area contributed by atoms with Crippen molar-refractivity contribution < 1.29 is 18.1 Å². The summed E-state index contributed by atoms with van der Waals surface area (Å²) in [4.78, 5) is 0. The third-order valence-corrected chi connectivity index (χ3v) is 10.8. The van der Waals surface area contributed by atoms with E-state index < -0.39 is 29.9 Å². The van der Waals surface area contributed by atoms with E-state index in [2.05, 4.69) is 17.4 Å². The SMILES string of the molecule is CNC(c1ccccc1)P12(OC(C)(C)C(C)(C)O1)OC(C)(C)C(C)(C)O2. The quantitative estimate of drug-likeness (QED) is 0.715. The Morgan fingerprint density at radius 2 is 1.04 bits per heavy atom. The number of rotatable bonds is 3. The molecule has 26 heavy (non-hydrogen) atoms. The summed E-state index contributed by atoms with van der Waals surface area (Å²) >= 11 is 0. The van der Waals surface area contributed by atoms with E-state index in [1.807, 2.05) is 80.6 Å². The Balaban J connectivity index is 2.26. The minimum atomic E-state index is -4.05. The van der Waals surface area contributed by atoms with E-state index in [1.54, 1.807) is 0 Å². The van der Waals surface area contributed by atoms with E-state index in [-0.39, 0.29) is 5.78 Å². The molecular weight excluding hydrogens is 349 g/mol. The summed E-state index contributed by atoms with van der Waals surface area (Å²) in [5, 5.41) is 3.39. The fourth-order valence-corrected chi connectivity index (χ4v) is 9.56. The molecule has 0 amide bonds. The molecule has 148 valence electrons. The van der Waals surface area contributed by atoms with Gasteiger partial charge in [0, 0.05) is 0 Å². The predicted octanol–water partition coefficient (Wildman–Crippen LogP) is 5.33. The van der Waals surface area contributed by atoms with Crippen LogP contribution in [0.3, 0.4) is 0 Å². The summed E-state index contributed by atoms with van der Waals surface area (Å²) < 4.78 is 27.1. The molecule has 3 rings (SSSR count). The van der Waals surface area contributed by atoms with Gasteiger partial charge in [-0.25, -0.2) is 0 Å². The van der Waals surface area contributed by atoms with E-state index in [9.17, 15) is 0 Å². The molecule has 2 aliphatic rings. The third-order valence-electron chi connectivity index (χ3n) is 6.28. The van der Waals surface area contributed by atoms with E-state index >= 15 is 0 Å². The van der Waals surface area contributed by atoms with Crippen molar-refractivity contribution in [3.63, 3.8) is 0 Å². The number of benzene rings is 1. The zero-order valence-electron chi connectivity index (χ0n) is 17.5. The topological polar surface area (TPSA) is 49.0 Å². The first-order valence-electron chi connectivity index (χ1n) is 9.29. The molecule has 0 bridgehead atoms. The van der Waals surface area contributed by atoms with E-state index in [1.165, 1.54) is 0 Å². The van der Waals surface area contributed by atoms with Crippen molar-refractivity contribution in [2.45, 2.75) is 83.6 Å². The van der Waals surface area contributed by atoms with Crippen molar-refractivity contribution >= 4 is 7.51 Å². The second kappa shape index (κ2) is 5.50. The van der Waals surface area contributed by atoms with E-state index in [0.717, 1.165) is 5.56 Å². The molecular formula is C20H34NO4P. The first-order chi connectivity index (χ1) is 11.7. The predicted molar refractivity (Wildman–Crippen MR) is 106 cm³/mol. The monoisotopic (exact) mass is 383 g/mol. The Kier molecular flexibility index (Phi) is 4.27. The molecule has 1 spiro atoms. The van der Waals surface area contributed by atoms with Crippen LogP contribution in [0.15, 0.2) is 30.3 Å². The molecule has 2 aliphatic heterocycles. The van der Waals surface area contributed by atoms with Crippen LogP contribution in [-0.4, -0.2) is 29.5 Å². The van der Waals surface area contributed by atoms with Gasteiger partial charge in [-0.15, -0.1) is 0 Å².